The topological polar surface area (TPSA) is 29.5 Å². The highest BCUT2D eigenvalue weighted by atomic mass is 32.2. The minimum atomic E-state index is -0.000966. The Morgan fingerprint density at radius 2 is 1.85 bits per heavy atom. The summed E-state index contributed by atoms with van der Waals surface area (Å²) in [6.07, 6.45) is 0. The lowest BCUT2D eigenvalue weighted by atomic mass is 10.1. The van der Waals surface area contributed by atoms with Crippen LogP contribution in [0.5, 0.6) is 5.75 Å². The molecule has 0 aromatic heterocycles. The molecule has 0 aliphatic carbocycles. The van der Waals surface area contributed by atoms with E-state index in [9.17, 15) is 4.79 Å². The third kappa shape index (κ3) is 5.17. The van der Waals surface area contributed by atoms with E-state index >= 15 is 0 Å². The molecule has 0 aliphatic heterocycles. The molecule has 3 nitrogen and oxygen atoms in total. The molecule has 0 heterocycles. The van der Waals surface area contributed by atoms with Crippen LogP contribution in [0.4, 0.5) is 0 Å². The number of hydrogen-bond donors (Lipinski definition) is 0. The molecule has 0 amide bonds. The largest absolute Gasteiger partial charge is 0.497 e. The highest BCUT2D eigenvalue weighted by molar-refractivity contribution is 8.00. The molecule has 0 saturated carbocycles. The number of carbonyl (C=O) groups excluding carboxylic acids is 1. The Hall–Kier alpha value is -1.00. The van der Waals surface area contributed by atoms with Crippen LogP contribution in [-0.4, -0.2) is 48.4 Å². The maximum absolute atomic E-state index is 12.3. The zero-order valence-electron chi connectivity index (χ0n) is 12.9. The van der Waals surface area contributed by atoms with Gasteiger partial charge in [-0.2, -0.15) is 0 Å². The first-order chi connectivity index (χ1) is 9.62. The molecular formula is C16H25NO2S. The molecule has 0 bridgehead atoms. The summed E-state index contributed by atoms with van der Waals surface area (Å²) >= 11 is 1.73. The maximum atomic E-state index is 12.3. The van der Waals surface area contributed by atoms with Gasteiger partial charge in [0.25, 0.3) is 0 Å². The molecule has 0 spiro atoms. The smallest absolute Gasteiger partial charge is 0.175 e. The van der Waals surface area contributed by atoms with Crippen molar-refractivity contribution in [3.63, 3.8) is 0 Å². The summed E-state index contributed by atoms with van der Waals surface area (Å²) in [6, 6.07) is 7.34. The van der Waals surface area contributed by atoms with Crippen molar-refractivity contribution in [3.8, 4) is 5.75 Å². The highest BCUT2D eigenvalue weighted by Crippen LogP contribution is 2.18. The number of ketones is 1. The summed E-state index contributed by atoms with van der Waals surface area (Å²) in [5.41, 5.74) is 0.758. The van der Waals surface area contributed by atoms with Crippen LogP contribution in [0.25, 0.3) is 0 Å². The second kappa shape index (κ2) is 9.03. The zero-order chi connectivity index (χ0) is 15.0. The van der Waals surface area contributed by atoms with E-state index in [0.29, 0.717) is 0 Å². The molecule has 20 heavy (non-hydrogen) atoms. The van der Waals surface area contributed by atoms with Crippen LogP contribution in [0.15, 0.2) is 24.3 Å². The number of benzene rings is 1. The molecule has 1 unspecified atom stereocenters. The van der Waals surface area contributed by atoms with Crippen LogP contribution in [-0.2, 0) is 0 Å². The van der Waals surface area contributed by atoms with E-state index in [1.165, 1.54) is 0 Å². The lowest BCUT2D eigenvalue weighted by Crippen LogP contribution is -2.26. The monoisotopic (exact) mass is 295 g/mol. The van der Waals surface area contributed by atoms with E-state index < -0.39 is 0 Å². The van der Waals surface area contributed by atoms with Gasteiger partial charge in [-0.05, 0) is 44.3 Å². The third-order valence-corrected chi connectivity index (χ3v) is 4.55. The van der Waals surface area contributed by atoms with Crippen molar-refractivity contribution in [3.05, 3.63) is 29.8 Å². The number of Topliss-reactive ketones (excluding diaryl/α,β-unsaturated/α-hetero) is 1. The quantitative estimate of drug-likeness (QED) is 0.654. The van der Waals surface area contributed by atoms with Crippen molar-refractivity contribution in [2.75, 3.05) is 32.5 Å². The van der Waals surface area contributed by atoms with Crippen molar-refractivity contribution < 1.29 is 9.53 Å². The lowest BCUT2D eigenvalue weighted by Gasteiger charge is -2.18. The number of thioether (sulfide) groups is 1. The van der Waals surface area contributed by atoms with Crippen LogP contribution in [0.3, 0.4) is 0 Å². The van der Waals surface area contributed by atoms with Gasteiger partial charge in [0, 0.05) is 17.9 Å². The fourth-order valence-corrected chi connectivity index (χ4v) is 2.97. The standard InChI is InChI=1S/C16H25NO2S/c1-5-17(6-2)11-12-20-13(3)16(18)14-7-9-15(19-4)10-8-14/h7-10,13H,5-6,11-12H2,1-4H3. The Balaban J connectivity index is 2.45. The maximum Gasteiger partial charge on any atom is 0.175 e. The average Bonchev–Trinajstić information content (AvgIpc) is 2.50. The molecule has 0 radical (unpaired) electrons. The molecule has 4 heteroatoms. The van der Waals surface area contributed by atoms with E-state index in [4.69, 9.17) is 4.74 Å². The number of nitrogens with zero attached hydrogens (tertiary/aromatic N) is 1. The van der Waals surface area contributed by atoms with Gasteiger partial charge in [0.1, 0.15) is 5.75 Å². The summed E-state index contributed by atoms with van der Waals surface area (Å²) in [6.45, 7) is 9.49. The van der Waals surface area contributed by atoms with Crippen LogP contribution in [0.2, 0.25) is 0 Å². The first-order valence-electron chi connectivity index (χ1n) is 7.14. The summed E-state index contributed by atoms with van der Waals surface area (Å²) in [5, 5.41) is -0.000966. The van der Waals surface area contributed by atoms with Gasteiger partial charge < -0.3 is 9.64 Å². The summed E-state index contributed by atoms with van der Waals surface area (Å²) in [7, 11) is 1.63. The molecule has 112 valence electrons. The predicted octanol–water partition coefficient (Wildman–Crippen LogP) is 3.34. The number of ether oxygens (including phenoxy) is 1. The molecule has 1 aromatic rings. The molecule has 0 aliphatic rings. The number of rotatable bonds is 9. The van der Waals surface area contributed by atoms with Gasteiger partial charge in [-0.1, -0.05) is 13.8 Å². The van der Waals surface area contributed by atoms with Crippen molar-refractivity contribution in [1.29, 1.82) is 0 Å². The summed E-state index contributed by atoms with van der Waals surface area (Å²) in [4.78, 5) is 14.7. The fourth-order valence-electron chi connectivity index (χ4n) is 1.96. The fraction of sp³-hybridized carbons (Fsp3) is 0.562. The van der Waals surface area contributed by atoms with Crippen molar-refractivity contribution in [1.82, 2.24) is 4.90 Å². The molecule has 1 atom stereocenters. The van der Waals surface area contributed by atoms with Gasteiger partial charge in [-0.25, -0.2) is 0 Å². The van der Waals surface area contributed by atoms with Crippen molar-refractivity contribution in [2.24, 2.45) is 0 Å². The van der Waals surface area contributed by atoms with Gasteiger partial charge in [0.2, 0.25) is 0 Å². The van der Waals surface area contributed by atoms with Gasteiger partial charge in [0.05, 0.1) is 12.4 Å². The molecule has 0 N–H and O–H groups in total. The third-order valence-electron chi connectivity index (χ3n) is 3.41. The first-order valence-corrected chi connectivity index (χ1v) is 8.19. The Morgan fingerprint density at radius 3 is 2.35 bits per heavy atom. The molecular weight excluding hydrogens is 270 g/mol. The van der Waals surface area contributed by atoms with Crippen molar-refractivity contribution >= 4 is 17.5 Å². The van der Waals surface area contributed by atoms with Crippen LogP contribution < -0.4 is 4.74 Å². The van der Waals surface area contributed by atoms with E-state index in [-0.39, 0.29) is 11.0 Å². The van der Waals surface area contributed by atoms with Crippen molar-refractivity contribution in [2.45, 2.75) is 26.0 Å². The minimum Gasteiger partial charge on any atom is -0.497 e. The predicted molar refractivity (Wildman–Crippen MR) is 87.0 cm³/mol. The van der Waals surface area contributed by atoms with E-state index in [0.717, 1.165) is 36.7 Å². The normalized spacial score (nSPS) is 12.4. The number of hydrogen-bond acceptors (Lipinski definition) is 4. The second-order valence-electron chi connectivity index (χ2n) is 4.63. The summed E-state index contributed by atoms with van der Waals surface area (Å²) < 4.78 is 5.10. The number of carbonyl (C=O) groups is 1. The van der Waals surface area contributed by atoms with Crippen LogP contribution >= 0.6 is 11.8 Å². The van der Waals surface area contributed by atoms with Gasteiger partial charge in [-0.3, -0.25) is 4.79 Å². The van der Waals surface area contributed by atoms with Crippen LogP contribution in [0, 0.1) is 0 Å². The van der Waals surface area contributed by atoms with Gasteiger partial charge in [0.15, 0.2) is 5.78 Å². The molecule has 1 rings (SSSR count). The number of methoxy groups -OCH3 is 1. The average molecular weight is 295 g/mol. The van der Waals surface area contributed by atoms with Gasteiger partial charge in [-0.15, -0.1) is 11.8 Å². The Labute approximate surface area is 126 Å². The Bertz CT molecular complexity index is 401. The minimum absolute atomic E-state index is 0.000966. The van der Waals surface area contributed by atoms with Crippen LogP contribution in [0.1, 0.15) is 31.1 Å². The Morgan fingerprint density at radius 1 is 1.25 bits per heavy atom. The highest BCUT2D eigenvalue weighted by Gasteiger charge is 2.15. The van der Waals surface area contributed by atoms with E-state index in [1.807, 2.05) is 31.2 Å². The summed E-state index contributed by atoms with van der Waals surface area (Å²) in [5.74, 6) is 1.96. The molecule has 0 fully saturated rings. The Kier molecular flexibility index (Phi) is 7.70. The zero-order valence-corrected chi connectivity index (χ0v) is 13.7. The van der Waals surface area contributed by atoms with E-state index in [1.54, 1.807) is 18.9 Å². The molecule has 1 aromatic carbocycles. The second-order valence-corrected chi connectivity index (χ2v) is 6.08. The SMILES string of the molecule is CCN(CC)CCSC(C)C(=O)c1ccc(OC)cc1. The molecule has 0 saturated heterocycles. The lowest BCUT2D eigenvalue weighted by molar-refractivity contribution is 0.0994. The van der Waals surface area contributed by atoms with E-state index in [2.05, 4.69) is 18.7 Å². The first kappa shape index (κ1) is 17.1. The van der Waals surface area contributed by atoms with Gasteiger partial charge >= 0.3 is 0 Å².